The van der Waals surface area contributed by atoms with Gasteiger partial charge >= 0.3 is 0 Å². The molecule has 1 rings (SSSR count). The molecule has 1 aromatic carbocycles. The van der Waals surface area contributed by atoms with Crippen LogP contribution in [0.2, 0.25) is 0 Å². The molecule has 20 heavy (non-hydrogen) atoms. The minimum Gasteiger partial charge on any atom is -0.480 e. The summed E-state index contributed by atoms with van der Waals surface area (Å²) in [5, 5.41) is 9.03. The van der Waals surface area contributed by atoms with E-state index in [1.165, 1.54) is 4.90 Å². The summed E-state index contributed by atoms with van der Waals surface area (Å²) in [5.41, 5.74) is 0.845. The van der Waals surface area contributed by atoms with E-state index >= 15 is 0 Å². The van der Waals surface area contributed by atoms with Crippen molar-refractivity contribution in [3.05, 3.63) is 32.9 Å². The molecule has 0 spiro atoms. The Labute approximate surface area is 132 Å². The first-order chi connectivity index (χ1) is 9.49. The highest BCUT2D eigenvalue weighted by Crippen LogP contribution is 2.23. The molecule has 0 heterocycles. The van der Waals surface area contributed by atoms with Crippen LogP contribution in [0.25, 0.3) is 6.08 Å². The number of benzene rings is 1. The number of likely N-dealkylation sites (N-methyl/N-ethyl adjacent to an activating group) is 1. The monoisotopic (exact) mass is 380 g/mol. The summed E-state index contributed by atoms with van der Waals surface area (Å²) in [6.45, 7) is 0.202. The van der Waals surface area contributed by atoms with E-state index in [4.69, 9.17) is 16.4 Å². The fraction of sp³-hybridized carbons (Fsp3) is 0.200. The zero-order valence-corrected chi connectivity index (χ0v) is 13.3. The van der Waals surface area contributed by atoms with E-state index in [-0.39, 0.29) is 18.1 Å². The number of carbonyl (C=O) groups is 1. The van der Waals surface area contributed by atoms with Crippen molar-refractivity contribution in [2.24, 2.45) is 0 Å². The number of carbonyl (C=O) groups excluding carboxylic acids is 1. The van der Waals surface area contributed by atoms with Crippen molar-refractivity contribution in [1.29, 1.82) is 5.26 Å². The molecule has 0 fully saturated rings. The molecule has 0 aliphatic carbocycles. The number of terminal acetylenes is 1. The lowest BCUT2D eigenvalue weighted by atomic mass is 10.1. The standard InChI is InChI=1S/C15H13IN2O2/c1-4-7-20-14-6-5-11(9-13(14)16)8-12(10-17)15(19)18(2)3/h1,5-6,8-9H,7H2,2-3H3/b12-8-. The molecule has 0 aromatic heterocycles. The molecule has 4 nitrogen and oxygen atoms in total. The van der Waals surface area contributed by atoms with Crippen molar-refractivity contribution >= 4 is 34.6 Å². The zero-order valence-electron chi connectivity index (χ0n) is 11.2. The molecule has 0 bridgehead atoms. The van der Waals surface area contributed by atoms with Gasteiger partial charge in [-0.15, -0.1) is 6.42 Å². The first-order valence-corrected chi connectivity index (χ1v) is 6.76. The molecule has 0 aliphatic heterocycles. The van der Waals surface area contributed by atoms with Gasteiger partial charge in [0, 0.05) is 14.1 Å². The molecule has 0 saturated heterocycles. The van der Waals surface area contributed by atoms with Crippen molar-refractivity contribution in [3.8, 4) is 24.2 Å². The first-order valence-electron chi connectivity index (χ1n) is 5.69. The third-order valence-electron chi connectivity index (χ3n) is 2.33. The summed E-state index contributed by atoms with van der Waals surface area (Å²) in [6.07, 6.45) is 6.69. The highest BCUT2D eigenvalue weighted by Gasteiger charge is 2.11. The topological polar surface area (TPSA) is 53.3 Å². The highest BCUT2D eigenvalue weighted by molar-refractivity contribution is 14.1. The molecular weight excluding hydrogens is 367 g/mol. The molecule has 1 aromatic rings. The van der Waals surface area contributed by atoms with Gasteiger partial charge in [0.2, 0.25) is 0 Å². The summed E-state index contributed by atoms with van der Waals surface area (Å²) < 4.78 is 6.22. The Bertz CT molecular complexity index is 622. The third kappa shape index (κ3) is 4.29. The van der Waals surface area contributed by atoms with Gasteiger partial charge in [0.15, 0.2) is 0 Å². The predicted molar refractivity (Wildman–Crippen MR) is 85.8 cm³/mol. The van der Waals surface area contributed by atoms with Crippen LogP contribution in [0.4, 0.5) is 0 Å². The molecule has 0 atom stereocenters. The number of ether oxygens (including phenoxy) is 1. The van der Waals surface area contributed by atoms with Crippen LogP contribution in [0.15, 0.2) is 23.8 Å². The van der Waals surface area contributed by atoms with Crippen molar-refractivity contribution < 1.29 is 9.53 Å². The number of halogens is 1. The lowest BCUT2D eigenvalue weighted by Crippen LogP contribution is -2.22. The van der Waals surface area contributed by atoms with E-state index < -0.39 is 0 Å². The Balaban J connectivity index is 3.04. The lowest BCUT2D eigenvalue weighted by Gasteiger charge is -2.09. The summed E-state index contributed by atoms with van der Waals surface area (Å²) in [7, 11) is 3.21. The van der Waals surface area contributed by atoms with Gasteiger partial charge in [-0.3, -0.25) is 4.79 Å². The lowest BCUT2D eigenvalue weighted by molar-refractivity contribution is -0.124. The number of rotatable bonds is 4. The number of amides is 1. The maximum Gasteiger partial charge on any atom is 0.264 e. The van der Waals surface area contributed by atoms with Crippen molar-refractivity contribution in [1.82, 2.24) is 4.90 Å². The van der Waals surface area contributed by atoms with Gasteiger partial charge in [0.05, 0.1) is 3.57 Å². The average molecular weight is 380 g/mol. The van der Waals surface area contributed by atoms with E-state index in [2.05, 4.69) is 28.5 Å². The van der Waals surface area contributed by atoms with E-state index in [0.717, 1.165) is 9.13 Å². The van der Waals surface area contributed by atoms with Crippen molar-refractivity contribution in [2.45, 2.75) is 0 Å². The van der Waals surface area contributed by atoms with E-state index in [0.29, 0.717) is 5.75 Å². The summed E-state index contributed by atoms with van der Waals surface area (Å²) >= 11 is 2.11. The average Bonchev–Trinajstić information content (AvgIpc) is 2.43. The molecule has 5 heteroatoms. The number of nitrogens with zero attached hydrogens (tertiary/aromatic N) is 2. The Morgan fingerprint density at radius 2 is 2.25 bits per heavy atom. The third-order valence-corrected chi connectivity index (χ3v) is 3.18. The fourth-order valence-electron chi connectivity index (χ4n) is 1.39. The maximum atomic E-state index is 11.8. The largest absolute Gasteiger partial charge is 0.480 e. The first kappa shape index (κ1) is 16.1. The molecule has 1 amide bonds. The van der Waals surface area contributed by atoms with Gasteiger partial charge in [0.25, 0.3) is 5.91 Å². The number of hydrogen-bond donors (Lipinski definition) is 0. The number of nitriles is 1. The van der Waals surface area contributed by atoms with Gasteiger partial charge in [0.1, 0.15) is 24.0 Å². The second-order valence-corrected chi connectivity index (χ2v) is 5.21. The molecule has 0 saturated carbocycles. The van der Waals surface area contributed by atoms with Crippen LogP contribution >= 0.6 is 22.6 Å². The van der Waals surface area contributed by atoms with Crippen molar-refractivity contribution in [2.75, 3.05) is 20.7 Å². The molecule has 102 valence electrons. The normalized spacial score (nSPS) is 10.3. The second-order valence-electron chi connectivity index (χ2n) is 4.05. The maximum absolute atomic E-state index is 11.8. The molecule has 0 unspecified atom stereocenters. The minimum absolute atomic E-state index is 0.0862. The van der Waals surface area contributed by atoms with Crippen LogP contribution in [-0.2, 0) is 4.79 Å². The highest BCUT2D eigenvalue weighted by atomic mass is 127. The van der Waals surface area contributed by atoms with Crippen LogP contribution in [0.1, 0.15) is 5.56 Å². The Kier molecular flexibility index (Phi) is 6.08. The van der Waals surface area contributed by atoms with Gasteiger partial charge in [-0.05, 0) is 46.4 Å². The fourth-order valence-corrected chi connectivity index (χ4v) is 2.09. The van der Waals surface area contributed by atoms with Gasteiger partial charge in [-0.25, -0.2) is 0 Å². The van der Waals surface area contributed by atoms with Crippen LogP contribution in [-0.4, -0.2) is 31.5 Å². The van der Waals surface area contributed by atoms with Crippen LogP contribution in [0, 0.1) is 27.2 Å². The van der Waals surface area contributed by atoms with Crippen LogP contribution in [0.5, 0.6) is 5.75 Å². The quantitative estimate of drug-likeness (QED) is 0.349. The Hall–Kier alpha value is -1.99. The summed E-state index contributed by atoms with van der Waals surface area (Å²) in [5.74, 6) is 2.75. The SMILES string of the molecule is C#CCOc1ccc(/C=C(/C#N)C(=O)N(C)C)cc1I. The Morgan fingerprint density at radius 3 is 2.75 bits per heavy atom. The summed E-state index contributed by atoms with van der Waals surface area (Å²) in [4.78, 5) is 13.1. The zero-order chi connectivity index (χ0) is 15.1. The van der Waals surface area contributed by atoms with Gasteiger partial charge in [-0.1, -0.05) is 12.0 Å². The van der Waals surface area contributed by atoms with Gasteiger partial charge < -0.3 is 9.64 Å². The van der Waals surface area contributed by atoms with Crippen molar-refractivity contribution in [3.63, 3.8) is 0 Å². The predicted octanol–water partition coefficient (Wildman–Crippen LogP) is 2.30. The minimum atomic E-state index is -0.324. The number of hydrogen-bond acceptors (Lipinski definition) is 3. The molecule has 0 aliphatic rings. The molecule has 0 radical (unpaired) electrons. The molecule has 0 N–H and O–H groups in total. The second kappa shape index (κ2) is 7.56. The van der Waals surface area contributed by atoms with Gasteiger partial charge in [-0.2, -0.15) is 5.26 Å². The smallest absolute Gasteiger partial charge is 0.264 e. The van der Waals surface area contributed by atoms with E-state index in [9.17, 15) is 4.79 Å². The van der Waals surface area contributed by atoms with E-state index in [1.54, 1.807) is 32.3 Å². The van der Waals surface area contributed by atoms with Crippen LogP contribution < -0.4 is 4.74 Å². The van der Waals surface area contributed by atoms with Crippen LogP contribution in [0.3, 0.4) is 0 Å². The summed E-state index contributed by atoms with van der Waals surface area (Å²) in [6, 6.07) is 7.27. The van der Waals surface area contributed by atoms with E-state index in [1.807, 2.05) is 12.1 Å². The Morgan fingerprint density at radius 1 is 1.55 bits per heavy atom. The molecular formula is C15H13IN2O2.